The highest BCUT2D eigenvalue weighted by Crippen LogP contribution is 2.26. The fourth-order valence-corrected chi connectivity index (χ4v) is 3.25. The largest absolute Gasteiger partial charge is 0.486 e. The fraction of sp³-hybridized carbons (Fsp3) is 0.0625. The Morgan fingerprint density at radius 3 is 2.57 bits per heavy atom. The molecule has 2 aromatic heterocycles. The highest BCUT2D eigenvalue weighted by atomic mass is 79.9. The monoisotopic (exact) mass is 386 g/mol. The van der Waals surface area contributed by atoms with E-state index in [1.54, 1.807) is 4.52 Å². The molecule has 0 radical (unpaired) electrons. The van der Waals surface area contributed by atoms with E-state index in [2.05, 4.69) is 31.2 Å². The highest BCUT2D eigenvalue weighted by molar-refractivity contribution is 9.10. The number of fused-ring (bicyclic) bond motifs is 1. The standard InChI is InChI=1S/C16H11BrN4OS/c17-12-8-6-11(7-9-12)15-20-21-14(18-19-16(21)23-15)10-22-13-4-2-1-3-5-13/h1-9H,10H2. The normalized spacial score (nSPS) is 11.0. The van der Waals surface area contributed by atoms with Gasteiger partial charge in [-0.25, -0.2) is 0 Å². The van der Waals surface area contributed by atoms with Crippen molar-refractivity contribution in [2.75, 3.05) is 0 Å². The topological polar surface area (TPSA) is 52.3 Å². The molecule has 0 atom stereocenters. The summed E-state index contributed by atoms with van der Waals surface area (Å²) in [5, 5.41) is 13.8. The maximum absolute atomic E-state index is 5.72. The van der Waals surface area contributed by atoms with Gasteiger partial charge in [-0.2, -0.15) is 9.61 Å². The van der Waals surface area contributed by atoms with E-state index in [0.717, 1.165) is 25.8 Å². The summed E-state index contributed by atoms with van der Waals surface area (Å²) in [4.78, 5) is 0.759. The molecule has 4 rings (SSSR count). The Bertz CT molecular complexity index is 934. The lowest BCUT2D eigenvalue weighted by molar-refractivity contribution is 0.293. The molecule has 7 heteroatoms. The first-order chi connectivity index (χ1) is 11.3. The van der Waals surface area contributed by atoms with E-state index in [4.69, 9.17) is 4.74 Å². The number of halogens is 1. The molecule has 23 heavy (non-hydrogen) atoms. The molecule has 0 unspecified atom stereocenters. The maximum atomic E-state index is 5.72. The molecular formula is C16H11BrN4OS. The van der Waals surface area contributed by atoms with Crippen molar-refractivity contribution in [2.24, 2.45) is 0 Å². The van der Waals surface area contributed by atoms with Crippen molar-refractivity contribution >= 4 is 32.2 Å². The Kier molecular flexibility index (Phi) is 3.80. The van der Waals surface area contributed by atoms with Crippen LogP contribution in [0.15, 0.2) is 59.1 Å². The molecule has 0 amide bonds. The molecule has 2 heterocycles. The van der Waals surface area contributed by atoms with Crippen LogP contribution in [0.4, 0.5) is 0 Å². The van der Waals surface area contributed by atoms with Gasteiger partial charge in [-0.15, -0.1) is 10.2 Å². The number of hydrogen-bond donors (Lipinski definition) is 0. The van der Waals surface area contributed by atoms with Crippen molar-refractivity contribution in [1.82, 2.24) is 19.8 Å². The summed E-state index contributed by atoms with van der Waals surface area (Å²) in [5.41, 5.74) is 1.05. The number of para-hydroxylation sites is 1. The quantitative estimate of drug-likeness (QED) is 0.527. The first-order valence-corrected chi connectivity index (χ1v) is 8.55. The molecule has 0 N–H and O–H groups in total. The van der Waals surface area contributed by atoms with Crippen LogP contribution < -0.4 is 4.74 Å². The SMILES string of the molecule is Brc1ccc(-c2nn3c(COc4ccccc4)nnc3s2)cc1. The van der Waals surface area contributed by atoms with Gasteiger partial charge in [-0.1, -0.05) is 57.6 Å². The van der Waals surface area contributed by atoms with Crippen LogP contribution in [0.5, 0.6) is 5.75 Å². The van der Waals surface area contributed by atoms with Crippen molar-refractivity contribution in [3.8, 4) is 16.3 Å². The van der Waals surface area contributed by atoms with Gasteiger partial charge in [0.25, 0.3) is 0 Å². The minimum Gasteiger partial charge on any atom is -0.486 e. The summed E-state index contributed by atoms with van der Waals surface area (Å²) in [5.74, 6) is 1.48. The molecule has 0 aliphatic carbocycles. The van der Waals surface area contributed by atoms with Crippen LogP contribution in [0.2, 0.25) is 0 Å². The summed E-state index contributed by atoms with van der Waals surface area (Å²) >= 11 is 4.94. The van der Waals surface area contributed by atoms with Crippen molar-refractivity contribution < 1.29 is 4.74 Å². The molecule has 2 aromatic carbocycles. The van der Waals surface area contributed by atoms with Gasteiger partial charge < -0.3 is 4.74 Å². The number of ether oxygens (including phenoxy) is 1. The Labute approximate surface area is 144 Å². The average molecular weight is 387 g/mol. The summed E-state index contributed by atoms with van der Waals surface area (Å²) in [6.45, 7) is 0.328. The third-order valence-corrected chi connectivity index (χ3v) is 4.73. The zero-order valence-electron chi connectivity index (χ0n) is 11.9. The second-order valence-corrected chi connectivity index (χ2v) is 6.70. The van der Waals surface area contributed by atoms with Crippen molar-refractivity contribution in [1.29, 1.82) is 0 Å². The van der Waals surface area contributed by atoms with Crippen LogP contribution in [0, 0.1) is 0 Å². The average Bonchev–Trinajstić information content (AvgIpc) is 3.15. The van der Waals surface area contributed by atoms with Gasteiger partial charge in [0.1, 0.15) is 17.4 Å². The van der Waals surface area contributed by atoms with Crippen LogP contribution in [0.3, 0.4) is 0 Å². The Balaban J connectivity index is 1.60. The first-order valence-electron chi connectivity index (χ1n) is 6.94. The van der Waals surface area contributed by atoms with Crippen LogP contribution in [0.1, 0.15) is 5.82 Å². The van der Waals surface area contributed by atoms with Crippen LogP contribution in [0.25, 0.3) is 15.5 Å². The third-order valence-electron chi connectivity index (χ3n) is 3.26. The lowest BCUT2D eigenvalue weighted by Crippen LogP contribution is -2.02. The van der Waals surface area contributed by atoms with Gasteiger partial charge in [-0.05, 0) is 24.3 Å². The minimum atomic E-state index is 0.328. The second kappa shape index (κ2) is 6.10. The lowest BCUT2D eigenvalue weighted by Gasteiger charge is -2.02. The van der Waals surface area contributed by atoms with Crippen LogP contribution in [-0.2, 0) is 6.61 Å². The Morgan fingerprint density at radius 1 is 1.00 bits per heavy atom. The molecular weight excluding hydrogens is 376 g/mol. The predicted molar refractivity (Wildman–Crippen MR) is 92.6 cm³/mol. The van der Waals surface area contributed by atoms with E-state index in [1.165, 1.54) is 11.3 Å². The van der Waals surface area contributed by atoms with Gasteiger partial charge in [0.15, 0.2) is 5.82 Å². The number of benzene rings is 2. The zero-order chi connectivity index (χ0) is 15.6. The molecule has 4 aromatic rings. The van der Waals surface area contributed by atoms with Crippen molar-refractivity contribution in [3.05, 3.63) is 64.9 Å². The third kappa shape index (κ3) is 2.97. The van der Waals surface area contributed by atoms with Gasteiger partial charge in [0, 0.05) is 10.0 Å². The smallest absolute Gasteiger partial charge is 0.235 e. The van der Waals surface area contributed by atoms with Crippen molar-refractivity contribution in [2.45, 2.75) is 6.61 Å². The van der Waals surface area contributed by atoms with E-state index < -0.39 is 0 Å². The summed E-state index contributed by atoms with van der Waals surface area (Å²) in [6, 6.07) is 17.7. The minimum absolute atomic E-state index is 0.328. The van der Waals surface area contributed by atoms with Crippen LogP contribution in [-0.4, -0.2) is 19.8 Å². The second-order valence-electron chi connectivity index (χ2n) is 4.83. The van der Waals surface area contributed by atoms with E-state index in [-0.39, 0.29) is 0 Å². The Morgan fingerprint density at radius 2 is 1.78 bits per heavy atom. The Hall–Kier alpha value is -2.25. The molecule has 0 bridgehead atoms. The van der Waals surface area contributed by atoms with Gasteiger partial charge in [0.05, 0.1) is 0 Å². The van der Waals surface area contributed by atoms with Crippen LogP contribution >= 0.6 is 27.3 Å². The number of rotatable bonds is 4. The molecule has 0 aliphatic rings. The zero-order valence-corrected chi connectivity index (χ0v) is 14.3. The molecule has 114 valence electrons. The lowest BCUT2D eigenvalue weighted by atomic mass is 10.2. The van der Waals surface area contributed by atoms with E-state index in [1.807, 2.05) is 54.6 Å². The van der Waals surface area contributed by atoms with E-state index in [9.17, 15) is 0 Å². The van der Waals surface area contributed by atoms with Crippen molar-refractivity contribution in [3.63, 3.8) is 0 Å². The number of hydrogen-bond acceptors (Lipinski definition) is 5. The summed E-state index contributed by atoms with van der Waals surface area (Å²) in [6.07, 6.45) is 0. The van der Waals surface area contributed by atoms with Gasteiger partial charge >= 0.3 is 0 Å². The number of nitrogens with zero attached hydrogens (tertiary/aromatic N) is 4. The summed E-state index contributed by atoms with van der Waals surface area (Å²) in [7, 11) is 0. The maximum Gasteiger partial charge on any atom is 0.235 e. The fourth-order valence-electron chi connectivity index (χ4n) is 2.12. The first kappa shape index (κ1) is 14.3. The van der Waals surface area contributed by atoms with E-state index >= 15 is 0 Å². The van der Waals surface area contributed by atoms with Gasteiger partial charge in [0.2, 0.25) is 4.96 Å². The highest BCUT2D eigenvalue weighted by Gasteiger charge is 2.13. The molecule has 0 aliphatic heterocycles. The van der Waals surface area contributed by atoms with E-state index in [0.29, 0.717) is 12.4 Å². The molecule has 0 fully saturated rings. The summed E-state index contributed by atoms with van der Waals surface area (Å²) < 4.78 is 8.51. The van der Waals surface area contributed by atoms with Gasteiger partial charge in [-0.3, -0.25) is 0 Å². The molecule has 0 saturated heterocycles. The molecule has 0 spiro atoms. The predicted octanol–water partition coefficient (Wildman–Crippen LogP) is 4.19. The molecule has 0 saturated carbocycles. The number of aromatic nitrogens is 4. The molecule has 5 nitrogen and oxygen atoms in total.